The van der Waals surface area contributed by atoms with Gasteiger partial charge in [-0.15, -0.1) is 0 Å². The highest BCUT2D eigenvalue weighted by molar-refractivity contribution is 5.77. The number of carbonyl (C=O) groups is 1. The predicted molar refractivity (Wildman–Crippen MR) is 96.3 cm³/mol. The first-order valence-corrected chi connectivity index (χ1v) is 8.17. The van der Waals surface area contributed by atoms with Crippen LogP contribution in [0.2, 0.25) is 0 Å². The highest BCUT2D eigenvalue weighted by Gasteiger charge is 2.12. The van der Waals surface area contributed by atoms with Gasteiger partial charge in [-0.1, -0.05) is 30.3 Å². The Morgan fingerprint density at radius 3 is 2.38 bits per heavy atom. The molecule has 0 aliphatic heterocycles. The molecule has 0 spiro atoms. The van der Waals surface area contributed by atoms with Gasteiger partial charge in [0, 0.05) is 32.1 Å². The van der Waals surface area contributed by atoms with Crippen LogP contribution in [-0.2, 0) is 24.9 Å². The van der Waals surface area contributed by atoms with Gasteiger partial charge in [0.15, 0.2) is 0 Å². The molecule has 0 aliphatic rings. The second-order valence-corrected chi connectivity index (χ2v) is 5.93. The molecular formula is C19H18FN3O3. The number of hydrogen-bond acceptors (Lipinski definition) is 3. The summed E-state index contributed by atoms with van der Waals surface area (Å²) in [4.78, 5) is 36.4. The minimum atomic E-state index is -0.673. The molecule has 2 aromatic carbocycles. The fourth-order valence-electron chi connectivity index (χ4n) is 2.81. The average molecular weight is 355 g/mol. The molecule has 7 heteroatoms. The normalized spacial score (nSPS) is 10.8. The number of nitrogens with zero attached hydrogens (tertiary/aromatic N) is 2. The zero-order valence-corrected chi connectivity index (χ0v) is 14.2. The lowest BCUT2D eigenvalue weighted by atomic mass is 10.2. The van der Waals surface area contributed by atoms with E-state index in [1.165, 1.54) is 22.2 Å². The maximum atomic E-state index is 13.6. The molecule has 1 aromatic heterocycles. The van der Waals surface area contributed by atoms with Crippen molar-refractivity contribution in [2.24, 2.45) is 7.05 Å². The van der Waals surface area contributed by atoms with Gasteiger partial charge < -0.3 is 14.5 Å². The summed E-state index contributed by atoms with van der Waals surface area (Å²) in [7, 11) is 1.54. The first-order valence-electron chi connectivity index (χ1n) is 8.17. The molecule has 0 bridgehead atoms. The third-order valence-electron chi connectivity index (χ3n) is 4.26. The Hall–Kier alpha value is -3.22. The van der Waals surface area contributed by atoms with E-state index in [1.807, 2.05) is 0 Å². The second kappa shape index (κ2) is 7.35. The highest BCUT2D eigenvalue weighted by Crippen LogP contribution is 2.10. The van der Waals surface area contributed by atoms with Crippen molar-refractivity contribution in [1.29, 1.82) is 0 Å². The first-order chi connectivity index (χ1) is 12.5. The maximum absolute atomic E-state index is 13.6. The van der Waals surface area contributed by atoms with Crippen LogP contribution in [0.4, 0.5) is 4.39 Å². The SMILES string of the molecule is Cn1c(=O)c(=O)n(CCC(=O)NCc2ccccc2F)c2ccccc21. The standard InChI is InChI=1S/C19H18FN3O3/c1-22-15-8-4-5-9-16(15)23(19(26)18(22)25)11-10-17(24)21-12-13-6-2-3-7-14(13)20/h2-9H,10-12H2,1H3,(H,21,24). The molecule has 26 heavy (non-hydrogen) atoms. The van der Waals surface area contributed by atoms with Crippen LogP contribution in [0.1, 0.15) is 12.0 Å². The summed E-state index contributed by atoms with van der Waals surface area (Å²) in [5.74, 6) is -0.716. The van der Waals surface area contributed by atoms with Gasteiger partial charge in [0.1, 0.15) is 5.82 Å². The van der Waals surface area contributed by atoms with Crippen molar-refractivity contribution in [3.05, 3.63) is 80.6 Å². The molecular weight excluding hydrogens is 337 g/mol. The van der Waals surface area contributed by atoms with E-state index in [9.17, 15) is 18.8 Å². The van der Waals surface area contributed by atoms with E-state index in [0.29, 0.717) is 16.6 Å². The number of benzene rings is 2. The number of hydrogen-bond donors (Lipinski definition) is 1. The van der Waals surface area contributed by atoms with Gasteiger partial charge in [-0.05, 0) is 18.2 Å². The van der Waals surface area contributed by atoms with Gasteiger partial charge in [-0.2, -0.15) is 0 Å². The number of aryl methyl sites for hydroxylation is 2. The van der Waals surface area contributed by atoms with Crippen molar-refractivity contribution in [3.8, 4) is 0 Å². The lowest BCUT2D eigenvalue weighted by Gasteiger charge is -2.12. The van der Waals surface area contributed by atoms with Crippen LogP contribution in [0.25, 0.3) is 11.0 Å². The van der Waals surface area contributed by atoms with Crippen LogP contribution in [0.5, 0.6) is 0 Å². The molecule has 3 aromatic rings. The number of fused-ring (bicyclic) bond motifs is 1. The Balaban J connectivity index is 1.76. The van der Waals surface area contributed by atoms with E-state index < -0.39 is 11.1 Å². The second-order valence-electron chi connectivity index (χ2n) is 5.93. The van der Waals surface area contributed by atoms with E-state index >= 15 is 0 Å². The van der Waals surface area contributed by atoms with Crippen molar-refractivity contribution in [1.82, 2.24) is 14.5 Å². The zero-order chi connectivity index (χ0) is 18.7. The van der Waals surface area contributed by atoms with Gasteiger partial charge in [-0.3, -0.25) is 14.4 Å². The Morgan fingerprint density at radius 1 is 1.00 bits per heavy atom. The summed E-state index contributed by atoms with van der Waals surface area (Å²) in [6, 6.07) is 13.2. The van der Waals surface area contributed by atoms with Crippen LogP contribution >= 0.6 is 0 Å². The number of para-hydroxylation sites is 2. The van der Waals surface area contributed by atoms with E-state index in [0.717, 1.165) is 0 Å². The third kappa shape index (κ3) is 3.42. The molecule has 0 radical (unpaired) electrons. The lowest BCUT2D eigenvalue weighted by Crippen LogP contribution is -2.41. The molecule has 6 nitrogen and oxygen atoms in total. The molecule has 0 unspecified atom stereocenters. The van der Waals surface area contributed by atoms with Crippen molar-refractivity contribution in [2.75, 3.05) is 0 Å². The van der Waals surface area contributed by atoms with Crippen LogP contribution in [-0.4, -0.2) is 15.0 Å². The number of rotatable bonds is 5. The molecule has 3 rings (SSSR count). The molecule has 0 aliphatic carbocycles. The van der Waals surface area contributed by atoms with E-state index in [4.69, 9.17) is 0 Å². The summed E-state index contributed by atoms with van der Waals surface area (Å²) in [6.07, 6.45) is 0.00548. The minimum Gasteiger partial charge on any atom is -0.352 e. The van der Waals surface area contributed by atoms with Crippen LogP contribution in [0.15, 0.2) is 58.1 Å². The summed E-state index contributed by atoms with van der Waals surface area (Å²) >= 11 is 0. The molecule has 0 saturated heterocycles. The van der Waals surface area contributed by atoms with Crippen molar-refractivity contribution in [2.45, 2.75) is 19.5 Å². The Kier molecular flexibility index (Phi) is 4.97. The average Bonchev–Trinajstić information content (AvgIpc) is 2.65. The number of amides is 1. The number of aromatic nitrogens is 2. The molecule has 1 heterocycles. The van der Waals surface area contributed by atoms with Gasteiger partial charge in [0.25, 0.3) is 0 Å². The number of halogens is 1. The smallest absolute Gasteiger partial charge is 0.316 e. The van der Waals surface area contributed by atoms with Crippen LogP contribution in [0, 0.1) is 5.82 Å². The molecule has 134 valence electrons. The van der Waals surface area contributed by atoms with Gasteiger partial charge in [0.2, 0.25) is 5.91 Å². The topological polar surface area (TPSA) is 73.1 Å². The van der Waals surface area contributed by atoms with Gasteiger partial charge in [-0.25, -0.2) is 4.39 Å². The fraction of sp³-hybridized carbons (Fsp3) is 0.211. The summed E-state index contributed by atoms with van der Waals surface area (Å²) < 4.78 is 16.2. The zero-order valence-electron chi connectivity index (χ0n) is 14.2. The van der Waals surface area contributed by atoms with E-state index in [1.54, 1.807) is 42.5 Å². The largest absolute Gasteiger partial charge is 0.352 e. The van der Waals surface area contributed by atoms with Crippen molar-refractivity contribution in [3.63, 3.8) is 0 Å². The van der Waals surface area contributed by atoms with Crippen LogP contribution < -0.4 is 16.4 Å². The van der Waals surface area contributed by atoms with Crippen molar-refractivity contribution >= 4 is 16.9 Å². The maximum Gasteiger partial charge on any atom is 0.316 e. The van der Waals surface area contributed by atoms with Gasteiger partial charge in [0.05, 0.1) is 11.0 Å². The summed E-state index contributed by atoms with van der Waals surface area (Å²) in [5, 5.41) is 2.63. The first kappa shape index (κ1) is 17.6. The predicted octanol–water partition coefficient (Wildman–Crippen LogP) is 1.55. The molecule has 0 fully saturated rings. The Morgan fingerprint density at radius 2 is 1.65 bits per heavy atom. The number of carbonyl (C=O) groups excluding carboxylic acids is 1. The molecule has 1 amide bonds. The fourth-order valence-corrected chi connectivity index (χ4v) is 2.81. The quantitative estimate of drug-likeness (QED) is 0.706. The van der Waals surface area contributed by atoms with Gasteiger partial charge >= 0.3 is 11.1 Å². The summed E-state index contributed by atoms with van der Waals surface area (Å²) in [6.45, 7) is 0.135. The van der Waals surface area contributed by atoms with E-state index in [2.05, 4.69) is 5.32 Å². The minimum absolute atomic E-state index is 0.00548. The van der Waals surface area contributed by atoms with Crippen LogP contribution in [0.3, 0.4) is 0 Å². The molecule has 0 saturated carbocycles. The highest BCUT2D eigenvalue weighted by atomic mass is 19.1. The monoisotopic (exact) mass is 355 g/mol. The lowest BCUT2D eigenvalue weighted by molar-refractivity contribution is -0.121. The third-order valence-corrected chi connectivity index (χ3v) is 4.26. The Bertz CT molecular complexity index is 1090. The van der Waals surface area contributed by atoms with E-state index in [-0.39, 0.29) is 31.2 Å². The van der Waals surface area contributed by atoms with Crippen molar-refractivity contribution < 1.29 is 9.18 Å². The summed E-state index contributed by atoms with van der Waals surface area (Å²) in [5.41, 5.74) is 0.269. The number of nitrogens with one attached hydrogen (secondary N) is 1. The Labute approximate surface area is 148 Å². The molecule has 1 N–H and O–H groups in total. The molecule has 0 atom stereocenters.